The molecule has 1 unspecified atom stereocenters. The van der Waals surface area contributed by atoms with E-state index >= 15 is 0 Å². The molecule has 1 amide bonds. The van der Waals surface area contributed by atoms with Crippen LogP contribution in [0.25, 0.3) is 10.9 Å². The number of likely N-dealkylation sites (tertiary alicyclic amines) is 1. The Balaban J connectivity index is 1.57. The molecule has 2 aliphatic rings. The lowest BCUT2D eigenvalue weighted by Gasteiger charge is -2.39. The normalized spacial score (nSPS) is 23.0. The topological polar surface area (TPSA) is 45.7 Å². The molecule has 0 N–H and O–H groups in total. The molecule has 2 aromatic rings. The second-order valence-corrected chi connectivity index (χ2v) is 7.99. The number of piperidine rings is 1. The molecule has 1 aromatic carbocycles. The van der Waals surface area contributed by atoms with Gasteiger partial charge < -0.3 is 14.5 Å². The molecule has 1 aromatic heterocycles. The molecule has 5 nitrogen and oxygen atoms in total. The third-order valence-corrected chi connectivity index (χ3v) is 6.12. The fourth-order valence-electron chi connectivity index (χ4n) is 4.77. The minimum atomic E-state index is -0.219. The number of aryl methyl sites for hydroxylation is 1. The zero-order valence-electron chi connectivity index (χ0n) is 16.4. The predicted octanol–water partition coefficient (Wildman–Crippen LogP) is 3.40. The van der Waals surface area contributed by atoms with Crippen molar-refractivity contribution in [2.45, 2.75) is 32.6 Å². The second-order valence-electron chi connectivity index (χ2n) is 7.99. The Morgan fingerprint density at radius 3 is 2.93 bits per heavy atom. The number of aromatic nitrogens is 1. The van der Waals surface area contributed by atoms with Gasteiger partial charge in [-0.2, -0.15) is 0 Å². The maximum atomic E-state index is 13.3. The molecule has 0 saturated carbocycles. The molecule has 2 saturated heterocycles. The standard InChI is InChI=1S/C22H29N3O2/c1-17-15-20(18-7-3-4-8-19(18)23-17)25-13-10-22(16-25)9-5-11-24(21(22)26)12-6-14-27-2/h3-4,7-8,15H,5-6,9-14,16H2,1-2H3. The van der Waals surface area contributed by atoms with Gasteiger partial charge in [-0.3, -0.25) is 9.78 Å². The lowest BCUT2D eigenvalue weighted by molar-refractivity contribution is -0.145. The van der Waals surface area contributed by atoms with E-state index in [9.17, 15) is 4.79 Å². The van der Waals surface area contributed by atoms with Crippen LogP contribution in [0, 0.1) is 12.3 Å². The van der Waals surface area contributed by atoms with E-state index < -0.39 is 0 Å². The van der Waals surface area contributed by atoms with Gasteiger partial charge >= 0.3 is 0 Å². The van der Waals surface area contributed by atoms with E-state index in [4.69, 9.17) is 4.74 Å². The van der Waals surface area contributed by atoms with Crippen LogP contribution in [0.15, 0.2) is 30.3 Å². The summed E-state index contributed by atoms with van der Waals surface area (Å²) in [5, 5.41) is 1.18. The Hall–Kier alpha value is -2.14. The number of fused-ring (bicyclic) bond motifs is 1. The van der Waals surface area contributed by atoms with Gasteiger partial charge in [0, 0.05) is 56.7 Å². The van der Waals surface area contributed by atoms with Crippen LogP contribution < -0.4 is 4.90 Å². The van der Waals surface area contributed by atoms with Crippen molar-refractivity contribution in [3.63, 3.8) is 0 Å². The lowest BCUT2D eigenvalue weighted by Crippen LogP contribution is -2.50. The Bertz CT molecular complexity index is 837. The molecular weight excluding hydrogens is 338 g/mol. The molecule has 5 heteroatoms. The molecule has 27 heavy (non-hydrogen) atoms. The maximum absolute atomic E-state index is 13.3. The summed E-state index contributed by atoms with van der Waals surface area (Å²) in [5.74, 6) is 0.349. The van der Waals surface area contributed by atoms with Gasteiger partial charge in [0.1, 0.15) is 0 Å². The van der Waals surface area contributed by atoms with E-state index in [-0.39, 0.29) is 5.41 Å². The number of para-hydroxylation sites is 1. The molecule has 1 atom stereocenters. The van der Waals surface area contributed by atoms with Gasteiger partial charge in [0.25, 0.3) is 0 Å². The molecule has 0 radical (unpaired) electrons. The molecule has 3 heterocycles. The molecule has 2 aliphatic heterocycles. The summed E-state index contributed by atoms with van der Waals surface area (Å²) in [4.78, 5) is 22.4. The minimum absolute atomic E-state index is 0.219. The highest BCUT2D eigenvalue weighted by molar-refractivity contribution is 5.93. The van der Waals surface area contributed by atoms with Crippen LogP contribution in [-0.2, 0) is 9.53 Å². The largest absolute Gasteiger partial charge is 0.385 e. The number of methoxy groups -OCH3 is 1. The van der Waals surface area contributed by atoms with Crippen LogP contribution in [0.4, 0.5) is 5.69 Å². The molecule has 1 spiro atoms. The first kappa shape index (κ1) is 18.2. The van der Waals surface area contributed by atoms with Crippen LogP contribution in [0.3, 0.4) is 0 Å². The average Bonchev–Trinajstić information content (AvgIpc) is 3.09. The summed E-state index contributed by atoms with van der Waals surface area (Å²) in [5.41, 5.74) is 3.06. The van der Waals surface area contributed by atoms with Crippen molar-refractivity contribution in [2.24, 2.45) is 5.41 Å². The van der Waals surface area contributed by atoms with Gasteiger partial charge in [-0.15, -0.1) is 0 Å². The summed E-state index contributed by atoms with van der Waals surface area (Å²) in [6.07, 6.45) is 3.96. The fourth-order valence-corrected chi connectivity index (χ4v) is 4.77. The monoisotopic (exact) mass is 367 g/mol. The average molecular weight is 367 g/mol. The number of carbonyl (C=O) groups excluding carboxylic acids is 1. The van der Waals surface area contributed by atoms with Crippen LogP contribution in [0.2, 0.25) is 0 Å². The van der Waals surface area contributed by atoms with E-state index in [0.29, 0.717) is 12.5 Å². The third kappa shape index (κ3) is 3.41. The van der Waals surface area contributed by atoms with Crippen LogP contribution in [0.5, 0.6) is 0 Å². The third-order valence-electron chi connectivity index (χ3n) is 6.12. The van der Waals surface area contributed by atoms with Crippen molar-refractivity contribution in [3.05, 3.63) is 36.0 Å². The lowest BCUT2D eigenvalue weighted by atomic mass is 9.78. The van der Waals surface area contributed by atoms with Gasteiger partial charge in [-0.05, 0) is 44.7 Å². The highest BCUT2D eigenvalue weighted by atomic mass is 16.5. The number of rotatable bonds is 5. The van der Waals surface area contributed by atoms with Gasteiger partial charge in [0.05, 0.1) is 10.9 Å². The Labute approximate surface area is 161 Å². The molecular formula is C22H29N3O2. The van der Waals surface area contributed by atoms with E-state index in [1.165, 1.54) is 11.1 Å². The second kappa shape index (κ2) is 7.47. The van der Waals surface area contributed by atoms with Crippen molar-refractivity contribution >= 4 is 22.5 Å². The molecule has 0 bridgehead atoms. The summed E-state index contributed by atoms with van der Waals surface area (Å²) < 4.78 is 5.16. The first-order chi connectivity index (χ1) is 13.1. The number of carbonyl (C=O) groups is 1. The first-order valence-corrected chi connectivity index (χ1v) is 10.0. The van der Waals surface area contributed by atoms with Crippen LogP contribution in [0.1, 0.15) is 31.4 Å². The molecule has 2 fully saturated rings. The van der Waals surface area contributed by atoms with Gasteiger partial charge in [0.2, 0.25) is 5.91 Å². The SMILES string of the molecule is COCCCN1CCCC2(CCN(c3cc(C)nc4ccccc34)C2)C1=O. The highest BCUT2D eigenvalue weighted by Crippen LogP contribution is 2.43. The zero-order chi connectivity index (χ0) is 18.9. The number of hydrogen-bond donors (Lipinski definition) is 0. The number of ether oxygens (including phenoxy) is 1. The van der Waals surface area contributed by atoms with Gasteiger partial charge in [-0.25, -0.2) is 0 Å². The van der Waals surface area contributed by atoms with Crippen molar-refractivity contribution < 1.29 is 9.53 Å². The number of benzene rings is 1. The number of pyridine rings is 1. The minimum Gasteiger partial charge on any atom is -0.385 e. The molecule has 144 valence electrons. The number of anilines is 1. The van der Waals surface area contributed by atoms with Crippen molar-refractivity contribution in [1.29, 1.82) is 0 Å². The van der Waals surface area contributed by atoms with E-state index in [2.05, 4.69) is 39.0 Å². The van der Waals surface area contributed by atoms with E-state index in [1.807, 2.05) is 13.0 Å². The smallest absolute Gasteiger partial charge is 0.230 e. The van der Waals surface area contributed by atoms with Crippen molar-refractivity contribution in [1.82, 2.24) is 9.88 Å². The summed E-state index contributed by atoms with van der Waals surface area (Å²) in [7, 11) is 1.72. The Morgan fingerprint density at radius 2 is 2.07 bits per heavy atom. The van der Waals surface area contributed by atoms with Crippen molar-refractivity contribution in [3.8, 4) is 0 Å². The summed E-state index contributed by atoms with van der Waals surface area (Å²) in [6, 6.07) is 10.5. The Kier molecular flexibility index (Phi) is 5.04. The van der Waals surface area contributed by atoms with E-state index in [0.717, 1.165) is 63.1 Å². The number of nitrogens with zero attached hydrogens (tertiary/aromatic N) is 3. The molecule has 4 rings (SSSR count). The van der Waals surface area contributed by atoms with E-state index in [1.54, 1.807) is 7.11 Å². The predicted molar refractivity (Wildman–Crippen MR) is 108 cm³/mol. The summed E-state index contributed by atoms with van der Waals surface area (Å²) in [6.45, 7) is 6.22. The summed E-state index contributed by atoms with van der Waals surface area (Å²) >= 11 is 0. The van der Waals surface area contributed by atoms with Gasteiger partial charge in [0.15, 0.2) is 0 Å². The van der Waals surface area contributed by atoms with Gasteiger partial charge in [-0.1, -0.05) is 18.2 Å². The maximum Gasteiger partial charge on any atom is 0.230 e. The zero-order valence-corrected chi connectivity index (χ0v) is 16.4. The Morgan fingerprint density at radius 1 is 1.22 bits per heavy atom. The number of amides is 1. The highest BCUT2D eigenvalue weighted by Gasteiger charge is 2.48. The fraction of sp³-hybridized carbons (Fsp3) is 0.545. The molecule has 0 aliphatic carbocycles. The number of hydrogen-bond acceptors (Lipinski definition) is 4. The van der Waals surface area contributed by atoms with Crippen molar-refractivity contribution in [2.75, 3.05) is 44.8 Å². The van der Waals surface area contributed by atoms with Crippen LogP contribution >= 0.6 is 0 Å². The first-order valence-electron chi connectivity index (χ1n) is 10.0. The quantitative estimate of drug-likeness (QED) is 0.760. The van der Waals surface area contributed by atoms with Crippen LogP contribution in [-0.4, -0.2) is 55.7 Å².